The van der Waals surface area contributed by atoms with Crippen LogP contribution in [0.15, 0.2) is 0 Å². The lowest BCUT2D eigenvalue weighted by Gasteiger charge is -2.10. The summed E-state index contributed by atoms with van der Waals surface area (Å²) in [6, 6.07) is -0.451. The number of amides is 2. The highest BCUT2D eigenvalue weighted by Crippen LogP contribution is 1.97. The third-order valence-electron chi connectivity index (χ3n) is 0.527. The van der Waals surface area contributed by atoms with Crippen LogP contribution in [0.25, 0.3) is 0 Å². The van der Waals surface area contributed by atoms with Crippen molar-refractivity contribution in [3.05, 3.63) is 0 Å². The maximum atomic E-state index is 10.4. The lowest BCUT2D eigenvalue weighted by atomic mass is 10.9. The van der Waals surface area contributed by atoms with Gasteiger partial charge in [-0.25, -0.2) is 13.6 Å². The molecule has 0 aliphatic carbocycles. The Hall–Kier alpha value is -0.150. The Bertz CT molecular complexity index is 83.3. The molecule has 0 fully saturated rings. The van der Waals surface area contributed by atoms with Gasteiger partial charge in [0.1, 0.15) is 0 Å². The van der Waals surface area contributed by atoms with E-state index in [0.717, 1.165) is 8.84 Å². The van der Waals surface area contributed by atoms with Gasteiger partial charge in [-0.1, -0.05) is 0 Å². The number of carbonyl (C=O) groups is 1. The molecule has 3 nitrogen and oxygen atoms in total. The van der Waals surface area contributed by atoms with Crippen LogP contribution in [0.4, 0.5) is 4.79 Å². The van der Waals surface area contributed by atoms with Crippen LogP contribution >= 0.6 is 23.6 Å². The van der Waals surface area contributed by atoms with E-state index in [4.69, 9.17) is 23.6 Å². The molecule has 0 rings (SSSR count). The van der Waals surface area contributed by atoms with Crippen LogP contribution in [0.3, 0.4) is 0 Å². The maximum Gasteiger partial charge on any atom is 0.348 e. The first-order valence-corrected chi connectivity index (χ1v) is 2.56. The lowest BCUT2D eigenvalue weighted by molar-refractivity contribution is 0.216. The molecule has 0 aliphatic heterocycles. The Labute approximate surface area is 58.0 Å². The minimum atomic E-state index is -0.451. The quantitative estimate of drug-likeness (QED) is 0.485. The topological polar surface area (TPSA) is 23.6 Å². The van der Waals surface area contributed by atoms with Gasteiger partial charge in [-0.15, -0.1) is 0 Å². The molecule has 0 spiro atoms. The molecule has 5 heteroatoms. The van der Waals surface area contributed by atoms with E-state index in [1.165, 1.54) is 14.1 Å². The van der Waals surface area contributed by atoms with Crippen molar-refractivity contribution in [2.45, 2.75) is 0 Å². The van der Waals surface area contributed by atoms with Crippen molar-refractivity contribution in [2.75, 3.05) is 14.1 Å². The summed E-state index contributed by atoms with van der Waals surface area (Å²) in [5.74, 6) is 0. The third-order valence-corrected chi connectivity index (χ3v) is 0.816. The number of hydrogen-bond donors (Lipinski definition) is 0. The zero-order valence-corrected chi connectivity index (χ0v) is 6.07. The number of hydrogen-bond acceptors (Lipinski definition) is 1. The van der Waals surface area contributed by atoms with E-state index in [1.54, 1.807) is 0 Å². The van der Waals surface area contributed by atoms with Crippen molar-refractivity contribution in [3.63, 3.8) is 0 Å². The van der Waals surface area contributed by atoms with Crippen molar-refractivity contribution in [2.24, 2.45) is 0 Å². The smallest absolute Gasteiger partial charge is 0.246 e. The zero-order chi connectivity index (χ0) is 6.73. The SMILES string of the molecule is CN(Cl)C(=O)N(C)Cl. The Balaban J connectivity index is 3.65. The molecule has 0 aromatic rings. The summed E-state index contributed by atoms with van der Waals surface area (Å²) in [4.78, 5) is 10.4. The summed E-state index contributed by atoms with van der Waals surface area (Å²) >= 11 is 10.4. The molecular formula is C3H6Cl2N2O. The van der Waals surface area contributed by atoms with Gasteiger partial charge in [-0.3, -0.25) is 0 Å². The van der Waals surface area contributed by atoms with Gasteiger partial charge in [0.25, 0.3) is 0 Å². The predicted octanol–water partition coefficient (Wildman–Crippen LogP) is 1.28. The molecule has 0 bridgehead atoms. The van der Waals surface area contributed by atoms with E-state index in [-0.39, 0.29) is 0 Å². The molecule has 0 atom stereocenters. The second kappa shape index (κ2) is 2.99. The van der Waals surface area contributed by atoms with Crippen LogP contribution in [0.2, 0.25) is 0 Å². The fourth-order valence-electron chi connectivity index (χ4n) is 0.190. The first-order valence-electron chi connectivity index (χ1n) is 1.88. The second-order valence-corrected chi connectivity index (χ2v) is 2.25. The molecule has 0 heterocycles. The van der Waals surface area contributed by atoms with Gasteiger partial charge in [-0.05, 0) is 0 Å². The minimum Gasteiger partial charge on any atom is -0.246 e. The van der Waals surface area contributed by atoms with Gasteiger partial charge >= 0.3 is 6.03 Å². The molecular weight excluding hydrogens is 151 g/mol. The summed E-state index contributed by atoms with van der Waals surface area (Å²) in [6.07, 6.45) is 0. The molecule has 8 heavy (non-hydrogen) atoms. The molecule has 0 aromatic carbocycles. The second-order valence-electron chi connectivity index (χ2n) is 1.24. The van der Waals surface area contributed by atoms with E-state index in [1.807, 2.05) is 0 Å². The van der Waals surface area contributed by atoms with Gasteiger partial charge in [-0.2, -0.15) is 0 Å². The standard InChI is InChI=1S/C3H6Cl2N2O/c1-6(4)3(8)7(2)5/h1-2H3. The highest BCUT2D eigenvalue weighted by atomic mass is 35.5. The fraction of sp³-hybridized carbons (Fsp3) is 0.667. The molecule has 2 amide bonds. The summed E-state index contributed by atoms with van der Waals surface area (Å²) in [7, 11) is 2.81. The van der Waals surface area contributed by atoms with E-state index in [2.05, 4.69) is 0 Å². The average Bonchev–Trinajstić information content (AvgIpc) is 1.64. The molecule has 0 N–H and O–H groups in total. The molecule has 0 unspecified atom stereocenters. The molecule has 0 saturated heterocycles. The zero-order valence-electron chi connectivity index (χ0n) is 4.56. The van der Waals surface area contributed by atoms with Crippen LogP contribution in [0, 0.1) is 0 Å². The lowest BCUT2D eigenvalue weighted by Crippen LogP contribution is -2.26. The Kier molecular flexibility index (Phi) is 2.94. The van der Waals surface area contributed by atoms with Gasteiger partial charge in [0.15, 0.2) is 0 Å². The monoisotopic (exact) mass is 156 g/mol. The van der Waals surface area contributed by atoms with Crippen LogP contribution in [0.5, 0.6) is 0 Å². The normalized spacial score (nSPS) is 8.50. The molecule has 0 aromatic heterocycles. The van der Waals surface area contributed by atoms with Crippen LogP contribution in [-0.4, -0.2) is 29.0 Å². The largest absolute Gasteiger partial charge is 0.348 e. The van der Waals surface area contributed by atoms with Crippen molar-refractivity contribution in [1.29, 1.82) is 0 Å². The van der Waals surface area contributed by atoms with Gasteiger partial charge in [0, 0.05) is 37.6 Å². The highest BCUT2D eigenvalue weighted by molar-refractivity contribution is 6.27. The Morgan fingerprint density at radius 3 is 1.50 bits per heavy atom. The maximum absolute atomic E-state index is 10.4. The highest BCUT2D eigenvalue weighted by Gasteiger charge is 2.07. The average molecular weight is 157 g/mol. The van der Waals surface area contributed by atoms with Crippen LogP contribution in [0.1, 0.15) is 0 Å². The third kappa shape index (κ3) is 2.23. The number of nitrogens with zero attached hydrogens (tertiary/aromatic N) is 2. The molecule has 0 saturated carbocycles. The van der Waals surface area contributed by atoms with Crippen molar-refractivity contribution in [3.8, 4) is 0 Å². The summed E-state index contributed by atoms with van der Waals surface area (Å²) in [5.41, 5.74) is 0. The van der Waals surface area contributed by atoms with Crippen LogP contribution in [-0.2, 0) is 0 Å². The van der Waals surface area contributed by atoms with Gasteiger partial charge < -0.3 is 0 Å². The van der Waals surface area contributed by atoms with Gasteiger partial charge in [0.2, 0.25) is 0 Å². The summed E-state index contributed by atoms with van der Waals surface area (Å²) in [5, 5.41) is 0. The van der Waals surface area contributed by atoms with E-state index < -0.39 is 6.03 Å². The summed E-state index contributed by atoms with van der Waals surface area (Å²) in [6.45, 7) is 0. The number of urea groups is 1. The molecule has 48 valence electrons. The van der Waals surface area contributed by atoms with E-state index >= 15 is 0 Å². The van der Waals surface area contributed by atoms with E-state index in [9.17, 15) is 4.79 Å². The Morgan fingerprint density at radius 2 is 1.50 bits per heavy atom. The minimum absolute atomic E-state index is 0.451. The first-order chi connectivity index (χ1) is 3.55. The number of halogens is 2. The summed E-state index contributed by atoms with van der Waals surface area (Å²) < 4.78 is 1.74. The van der Waals surface area contributed by atoms with Crippen molar-refractivity contribution in [1.82, 2.24) is 8.84 Å². The van der Waals surface area contributed by atoms with Crippen LogP contribution < -0.4 is 0 Å². The molecule has 0 radical (unpaired) electrons. The predicted molar refractivity (Wildman–Crippen MR) is 32.6 cm³/mol. The Morgan fingerprint density at radius 1 is 1.25 bits per heavy atom. The number of rotatable bonds is 0. The van der Waals surface area contributed by atoms with Crippen molar-refractivity contribution >= 4 is 29.6 Å². The van der Waals surface area contributed by atoms with Gasteiger partial charge in [0.05, 0.1) is 0 Å². The van der Waals surface area contributed by atoms with E-state index in [0.29, 0.717) is 0 Å². The first kappa shape index (κ1) is 7.85. The fourth-order valence-corrected chi connectivity index (χ4v) is 0.455. The number of carbonyl (C=O) groups excluding carboxylic acids is 1. The molecule has 0 aliphatic rings. The van der Waals surface area contributed by atoms with Crippen molar-refractivity contribution < 1.29 is 4.79 Å².